The minimum atomic E-state index is -4.65. The Morgan fingerprint density at radius 1 is 1.04 bits per heavy atom. The van der Waals surface area contributed by atoms with Crippen LogP contribution in [-0.4, -0.2) is 17.6 Å². The van der Waals surface area contributed by atoms with Crippen LogP contribution in [0.25, 0.3) is 0 Å². The third-order valence-electron chi connectivity index (χ3n) is 3.48. The van der Waals surface area contributed by atoms with E-state index in [0.29, 0.717) is 12.2 Å². The Morgan fingerprint density at radius 2 is 1.74 bits per heavy atom. The molecule has 0 saturated heterocycles. The van der Waals surface area contributed by atoms with E-state index < -0.39 is 23.6 Å². The number of rotatable bonds is 7. The quantitative estimate of drug-likeness (QED) is 0.501. The van der Waals surface area contributed by atoms with Gasteiger partial charge in [0.2, 0.25) is 11.8 Å². The van der Waals surface area contributed by atoms with E-state index in [1.807, 2.05) is 30.3 Å². The zero-order valence-corrected chi connectivity index (χ0v) is 15.4. The van der Waals surface area contributed by atoms with Crippen LogP contribution in [0.4, 0.5) is 24.5 Å². The van der Waals surface area contributed by atoms with Crippen LogP contribution in [0.1, 0.15) is 25.3 Å². The molecule has 8 heteroatoms. The molecule has 0 aliphatic heterocycles. The van der Waals surface area contributed by atoms with Crippen molar-refractivity contribution in [3.05, 3.63) is 54.1 Å². The maximum atomic E-state index is 13.2. The number of anilines is 2. The van der Waals surface area contributed by atoms with E-state index >= 15 is 0 Å². The predicted octanol–water partition coefficient (Wildman–Crippen LogP) is 5.17. The van der Waals surface area contributed by atoms with Crippen LogP contribution in [0, 0.1) is 0 Å². The molecular weight excluding hydrogens is 377 g/mol. The molecule has 0 atom stereocenters. The van der Waals surface area contributed by atoms with Crippen molar-refractivity contribution >= 4 is 35.0 Å². The first kappa shape index (κ1) is 20.8. The molecule has 2 N–H and O–H groups in total. The smallest absolute Gasteiger partial charge is 0.326 e. The minimum Gasteiger partial charge on any atom is -0.326 e. The summed E-state index contributed by atoms with van der Waals surface area (Å²) in [5, 5.41) is 4.62. The molecule has 0 radical (unpaired) electrons. The van der Waals surface area contributed by atoms with Gasteiger partial charge in [0, 0.05) is 23.9 Å². The Bertz CT molecular complexity index is 795. The summed E-state index contributed by atoms with van der Waals surface area (Å²) in [6.45, 7) is 1.20. The Morgan fingerprint density at radius 3 is 2.37 bits per heavy atom. The van der Waals surface area contributed by atoms with Crippen molar-refractivity contribution in [2.24, 2.45) is 0 Å². The van der Waals surface area contributed by atoms with Gasteiger partial charge in [-0.25, -0.2) is 0 Å². The van der Waals surface area contributed by atoms with E-state index in [1.54, 1.807) is 11.8 Å². The van der Waals surface area contributed by atoms with E-state index in [9.17, 15) is 22.8 Å². The average molecular weight is 396 g/mol. The lowest BCUT2D eigenvalue weighted by Gasteiger charge is -2.15. The highest BCUT2D eigenvalue weighted by molar-refractivity contribution is 7.99. The molecule has 0 spiro atoms. The number of benzene rings is 2. The lowest BCUT2D eigenvalue weighted by Crippen LogP contribution is -2.17. The summed E-state index contributed by atoms with van der Waals surface area (Å²) in [4.78, 5) is 24.1. The average Bonchev–Trinajstić information content (AvgIpc) is 2.59. The number of carbonyl (C=O) groups is 2. The molecule has 0 aliphatic rings. The fourth-order valence-corrected chi connectivity index (χ4v) is 3.19. The fraction of sp³-hybridized carbons (Fsp3) is 0.263. The van der Waals surface area contributed by atoms with Crippen LogP contribution in [-0.2, 0) is 15.8 Å². The Hall–Kier alpha value is -2.48. The number of hydrogen-bond acceptors (Lipinski definition) is 3. The van der Waals surface area contributed by atoms with Crippen LogP contribution in [0.5, 0.6) is 0 Å². The highest BCUT2D eigenvalue weighted by Crippen LogP contribution is 2.36. The molecule has 144 valence electrons. The standard InChI is InChI=1S/C19H19F3N2O2S/c1-13(25)23-14-9-10-17(16(12-14)19(20,21)22)24-18(26)8-5-11-27-15-6-3-2-4-7-15/h2-4,6-7,9-10,12H,5,8,11H2,1H3,(H,23,25)(H,24,26). The first-order chi connectivity index (χ1) is 12.8. The molecule has 4 nitrogen and oxygen atoms in total. The molecule has 2 aromatic carbocycles. The van der Waals surface area contributed by atoms with Crippen molar-refractivity contribution in [3.8, 4) is 0 Å². The van der Waals surface area contributed by atoms with Gasteiger partial charge in [0.05, 0.1) is 11.3 Å². The van der Waals surface area contributed by atoms with Gasteiger partial charge in [-0.2, -0.15) is 13.2 Å². The maximum Gasteiger partial charge on any atom is 0.418 e. The van der Waals surface area contributed by atoms with Gasteiger partial charge in [0.1, 0.15) is 0 Å². The number of nitrogens with one attached hydrogen (secondary N) is 2. The Balaban J connectivity index is 1.94. The largest absolute Gasteiger partial charge is 0.418 e. The molecule has 0 aliphatic carbocycles. The molecule has 0 bridgehead atoms. The Labute approximate surface area is 159 Å². The van der Waals surface area contributed by atoms with Crippen molar-refractivity contribution in [2.75, 3.05) is 16.4 Å². The summed E-state index contributed by atoms with van der Waals surface area (Å²) in [6, 6.07) is 12.9. The van der Waals surface area contributed by atoms with Gasteiger partial charge in [-0.1, -0.05) is 18.2 Å². The van der Waals surface area contributed by atoms with Crippen LogP contribution in [0.3, 0.4) is 0 Å². The zero-order chi connectivity index (χ0) is 19.9. The summed E-state index contributed by atoms with van der Waals surface area (Å²) in [5.74, 6) is -0.275. The van der Waals surface area contributed by atoms with Crippen molar-refractivity contribution in [1.29, 1.82) is 0 Å². The van der Waals surface area contributed by atoms with Crippen molar-refractivity contribution in [3.63, 3.8) is 0 Å². The SMILES string of the molecule is CC(=O)Nc1ccc(NC(=O)CCCSc2ccccc2)c(C(F)(F)F)c1. The molecule has 27 heavy (non-hydrogen) atoms. The topological polar surface area (TPSA) is 58.2 Å². The van der Waals surface area contributed by atoms with Crippen LogP contribution < -0.4 is 10.6 Å². The molecule has 0 heterocycles. The van der Waals surface area contributed by atoms with E-state index in [-0.39, 0.29) is 17.8 Å². The van der Waals surface area contributed by atoms with Crippen LogP contribution in [0.15, 0.2) is 53.4 Å². The van der Waals surface area contributed by atoms with Gasteiger partial charge >= 0.3 is 6.18 Å². The lowest BCUT2D eigenvalue weighted by atomic mass is 10.1. The van der Waals surface area contributed by atoms with Crippen LogP contribution in [0.2, 0.25) is 0 Å². The summed E-state index contributed by atoms with van der Waals surface area (Å²) in [6.07, 6.45) is -4.00. The number of hydrogen-bond donors (Lipinski definition) is 2. The number of halogens is 3. The van der Waals surface area contributed by atoms with Gasteiger partial charge in [-0.05, 0) is 42.5 Å². The maximum absolute atomic E-state index is 13.2. The minimum absolute atomic E-state index is 0.0204. The second kappa shape index (κ2) is 9.45. The van der Waals surface area contributed by atoms with E-state index in [4.69, 9.17) is 0 Å². The summed E-state index contributed by atoms with van der Waals surface area (Å²) in [7, 11) is 0. The number of carbonyl (C=O) groups excluding carboxylic acids is 2. The molecule has 0 aromatic heterocycles. The molecular formula is C19H19F3N2O2S. The second-order valence-electron chi connectivity index (χ2n) is 5.75. The number of amides is 2. The van der Waals surface area contributed by atoms with Crippen molar-refractivity contribution < 1.29 is 22.8 Å². The first-order valence-corrected chi connectivity index (χ1v) is 9.21. The number of alkyl halides is 3. The molecule has 0 fully saturated rings. The predicted molar refractivity (Wildman–Crippen MR) is 101 cm³/mol. The van der Waals surface area contributed by atoms with Gasteiger partial charge in [-0.3, -0.25) is 9.59 Å². The van der Waals surface area contributed by atoms with Gasteiger partial charge in [0.25, 0.3) is 0 Å². The molecule has 2 amide bonds. The molecule has 0 saturated carbocycles. The highest BCUT2D eigenvalue weighted by atomic mass is 32.2. The van der Waals surface area contributed by atoms with Gasteiger partial charge in [0.15, 0.2) is 0 Å². The van der Waals surface area contributed by atoms with Gasteiger partial charge < -0.3 is 10.6 Å². The van der Waals surface area contributed by atoms with E-state index in [2.05, 4.69) is 10.6 Å². The van der Waals surface area contributed by atoms with Crippen LogP contribution >= 0.6 is 11.8 Å². The second-order valence-corrected chi connectivity index (χ2v) is 6.92. The van der Waals surface area contributed by atoms with Crippen molar-refractivity contribution in [2.45, 2.75) is 30.8 Å². The summed E-state index contributed by atoms with van der Waals surface area (Å²) in [5.41, 5.74) is -1.30. The molecule has 2 aromatic rings. The Kier molecular flexibility index (Phi) is 7.29. The third kappa shape index (κ3) is 6.97. The summed E-state index contributed by atoms with van der Waals surface area (Å²) >= 11 is 1.58. The van der Waals surface area contributed by atoms with Gasteiger partial charge in [-0.15, -0.1) is 11.8 Å². The van der Waals surface area contributed by atoms with E-state index in [1.165, 1.54) is 13.0 Å². The zero-order valence-electron chi connectivity index (χ0n) is 14.6. The number of thioether (sulfide) groups is 1. The highest BCUT2D eigenvalue weighted by Gasteiger charge is 2.34. The third-order valence-corrected chi connectivity index (χ3v) is 4.58. The van der Waals surface area contributed by atoms with Crippen molar-refractivity contribution in [1.82, 2.24) is 0 Å². The first-order valence-electron chi connectivity index (χ1n) is 8.22. The monoisotopic (exact) mass is 396 g/mol. The normalized spacial score (nSPS) is 11.1. The lowest BCUT2D eigenvalue weighted by molar-refractivity contribution is -0.137. The molecule has 0 unspecified atom stereocenters. The molecule has 2 rings (SSSR count). The van der Waals surface area contributed by atoms with E-state index in [0.717, 1.165) is 17.0 Å². The summed E-state index contributed by atoms with van der Waals surface area (Å²) < 4.78 is 39.7. The fourth-order valence-electron chi connectivity index (χ4n) is 2.32.